The summed E-state index contributed by atoms with van der Waals surface area (Å²) in [6.07, 6.45) is 4.42. The van der Waals surface area contributed by atoms with Crippen LogP contribution in [0.15, 0.2) is 102 Å². The molecule has 0 saturated carbocycles. The highest BCUT2D eigenvalue weighted by atomic mass is 16.5. The minimum atomic E-state index is -1.13. The van der Waals surface area contributed by atoms with Crippen LogP contribution >= 0.6 is 0 Å². The van der Waals surface area contributed by atoms with Gasteiger partial charge in [-0.15, -0.1) is 0 Å². The number of aliphatic hydroxyl groups excluding tert-OH is 2. The first-order chi connectivity index (χ1) is 32.8. The molecule has 0 fully saturated rings. The second-order valence-corrected chi connectivity index (χ2v) is 16.2. The summed E-state index contributed by atoms with van der Waals surface area (Å²) >= 11 is 0. The Balaban J connectivity index is 1.18. The number of nitriles is 2. The molecule has 2 atom stereocenters. The molecular formula is C51H51N7O10. The van der Waals surface area contributed by atoms with Gasteiger partial charge in [0.2, 0.25) is 11.8 Å². The maximum absolute atomic E-state index is 13.9. The van der Waals surface area contributed by atoms with Crippen molar-refractivity contribution in [3.8, 4) is 40.9 Å². The molecule has 350 valence electrons. The van der Waals surface area contributed by atoms with Gasteiger partial charge in [-0.1, -0.05) is 36.4 Å². The lowest BCUT2D eigenvalue weighted by Crippen LogP contribution is -2.32. The maximum Gasteiger partial charge on any atom is 0.306 e. The Bertz CT molecular complexity index is 2890. The van der Waals surface area contributed by atoms with Crippen LogP contribution in [-0.2, 0) is 48.9 Å². The standard InChI is InChI=1S/C51H51N7O10/c1-32-40(30-66-46-14-12-38(6-3-9-42(59)18-48(61)62)50(57-46)68-29-37-17-35(21-53)23-55-25-37)7-4-10-44(32)45-11-5-8-41(33(45)2)31-67-47-15-13-39(26-56-27-43(60)19-49(63)64)51(65)58(47)28-36-16-34(20-52)22-54-24-36/h4-5,7-8,10-17,22-25,42-43,56,59-60H,3,6,9,18-19,26-31H2,1-2H3,(H,61,62)(H,63,64)/t42-,43+/m1/s1. The van der Waals surface area contributed by atoms with E-state index in [1.54, 1.807) is 42.7 Å². The topological polar surface area (TPSA) is 263 Å². The normalized spacial score (nSPS) is 11.8. The lowest BCUT2D eigenvalue weighted by molar-refractivity contribution is -0.140. The summed E-state index contributed by atoms with van der Waals surface area (Å²) in [5, 5.41) is 59.9. The number of nitrogens with zero attached hydrogens (tertiary/aromatic N) is 6. The van der Waals surface area contributed by atoms with Crippen LogP contribution in [0.3, 0.4) is 0 Å². The van der Waals surface area contributed by atoms with Crippen LogP contribution < -0.4 is 25.1 Å². The molecule has 17 nitrogen and oxygen atoms in total. The van der Waals surface area contributed by atoms with E-state index in [2.05, 4.69) is 32.4 Å². The molecule has 6 rings (SSSR count). The molecule has 0 unspecified atom stereocenters. The number of nitrogens with one attached hydrogen (secondary N) is 1. The summed E-state index contributed by atoms with van der Waals surface area (Å²) in [4.78, 5) is 48.9. The zero-order valence-electron chi connectivity index (χ0n) is 37.6. The highest BCUT2D eigenvalue weighted by Crippen LogP contribution is 2.32. The van der Waals surface area contributed by atoms with Gasteiger partial charge in [0.1, 0.15) is 32.0 Å². The van der Waals surface area contributed by atoms with Gasteiger partial charge in [0.05, 0.1) is 42.7 Å². The van der Waals surface area contributed by atoms with E-state index in [-0.39, 0.29) is 63.7 Å². The number of benzene rings is 2. The fourth-order valence-electron chi connectivity index (χ4n) is 7.51. The average molecular weight is 922 g/mol. The SMILES string of the molecule is Cc1c(COc2ccc(CCC[C@@H](O)CC(=O)O)c(OCc3cncc(C#N)c3)n2)cccc1-c1cccc(COc2ccc(CNC[C@@H](O)CC(=O)O)c(=O)n2Cc2cncc(C#N)c2)c1C. The highest BCUT2D eigenvalue weighted by molar-refractivity contribution is 5.72. The maximum atomic E-state index is 13.9. The van der Waals surface area contributed by atoms with Crippen LogP contribution in [-0.4, -0.2) is 70.6 Å². The smallest absolute Gasteiger partial charge is 0.306 e. The van der Waals surface area contributed by atoms with E-state index in [1.165, 1.54) is 17.0 Å². The summed E-state index contributed by atoms with van der Waals surface area (Å²) in [5.74, 6) is -1.31. The third-order valence-electron chi connectivity index (χ3n) is 11.1. The Morgan fingerprint density at radius 2 is 1.32 bits per heavy atom. The molecule has 0 bridgehead atoms. The number of aromatic nitrogens is 4. The number of carboxylic acid groups (broad SMARTS) is 2. The number of rotatable bonds is 24. The summed E-state index contributed by atoms with van der Waals surface area (Å²) in [6.45, 7) is 4.50. The minimum Gasteiger partial charge on any atom is -0.481 e. The van der Waals surface area contributed by atoms with Crippen molar-refractivity contribution in [3.05, 3.63) is 164 Å². The van der Waals surface area contributed by atoms with Crippen molar-refractivity contribution >= 4 is 11.9 Å². The van der Waals surface area contributed by atoms with Gasteiger partial charge in [0, 0.05) is 60.6 Å². The number of ether oxygens (including phenoxy) is 3. The van der Waals surface area contributed by atoms with Crippen molar-refractivity contribution in [1.82, 2.24) is 24.8 Å². The molecule has 0 aliphatic heterocycles. The van der Waals surface area contributed by atoms with Crippen molar-refractivity contribution in [3.63, 3.8) is 0 Å². The van der Waals surface area contributed by atoms with Gasteiger partial charge in [0.15, 0.2) is 5.88 Å². The number of hydrogen-bond donors (Lipinski definition) is 5. The largest absolute Gasteiger partial charge is 0.481 e. The monoisotopic (exact) mass is 921 g/mol. The number of carboxylic acids is 2. The van der Waals surface area contributed by atoms with E-state index in [4.69, 9.17) is 24.4 Å². The van der Waals surface area contributed by atoms with Crippen LogP contribution in [0, 0.1) is 36.5 Å². The Kier molecular flexibility index (Phi) is 17.5. The molecular weight excluding hydrogens is 871 g/mol. The van der Waals surface area contributed by atoms with Crippen molar-refractivity contribution in [2.75, 3.05) is 6.54 Å². The highest BCUT2D eigenvalue weighted by Gasteiger charge is 2.18. The molecule has 5 N–H and O–H groups in total. The zero-order chi connectivity index (χ0) is 48.6. The van der Waals surface area contributed by atoms with Gasteiger partial charge >= 0.3 is 11.9 Å². The molecule has 0 radical (unpaired) electrons. The molecule has 68 heavy (non-hydrogen) atoms. The summed E-state index contributed by atoms with van der Waals surface area (Å²) < 4.78 is 20.2. The van der Waals surface area contributed by atoms with Gasteiger partial charge in [-0.05, 0) is 102 Å². The minimum absolute atomic E-state index is 0.0281. The molecule has 4 aromatic heterocycles. The predicted molar refractivity (Wildman–Crippen MR) is 247 cm³/mol. The third-order valence-corrected chi connectivity index (χ3v) is 11.1. The number of aliphatic hydroxyl groups is 2. The fraction of sp³-hybridized carbons (Fsp3) is 0.294. The average Bonchev–Trinajstić information content (AvgIpc) is 3.32. The van der Waals surface area contributed by atoms with Crippen LogP contribution in [0.1, 0.15) is 81.3 Å². The van der Waals surface area contributed by atoms with Crippen molar-refractivity contribution in [1.29, 1.82) is 10.5 Å². The van der Waals surface area contributed by atoms with Crippen LogP contribution in [0.25, 0.3) is 11.1 Å². The Labute approximate surface area is 392 Å². The van der Waals surface area contributed by atoms with Crippen molar-refractivity contribution < 1.29 is 44.2 Å². The number of aliphatic carboxylic acids is 2. The summed E-state index contributed by atoms with van der Waals surface area (Å²) in [5.41, 5.74) is 8.41. The van der Waals surface area contributed by atoms with Gasteiger partial charge in [0.25, 0.3) is 5.56 Å². The third kappa shape index (κ3) is 13.8. The molecule has 6 aromatic rings. The molecule has 0 aliphatic carbocycles. The van der Waals surface area contributed by atoms with Crippen LogP contribution in [0.5, 0.6) is 17.6 Å². The molecule has 0 aliphatic rings. The van der Waals surface area contributed by atoms with E-state index in [0.717, 1.165) is 38.9 Å². The van der Waals surface area contributed by atoms with Gasteiger partial charge in [-0.3, -0.25) is 28.9 Å². The zero-order valence-corrected chi connectivity index (χ0v) is 37.6. The lowest BCUT2D eigenvalue weighted by Gasteiger charge is -2.19. The molecule has 2 aromatic carbocycles. The molecule has 4 heterocycles. The van der Waals surface area contributed by atoms with Crippen molar-refractivity contribution in [2.45, 2.75) is 91.1 Å². The van der Waals surface area contributed by atoms with E-state index < -0.39 is 30.6 Å². The van der Waals surface area contributed by atoms with Crippen molar-refractivity contribution in [2.24, 2.45) is 0 Å². The number of hydrogen-bond acceptors (Lipinski definition) is 14. The van der Waals surface area contributed by atoms with E-state index in [0.29, 0.717) is 52.4 Å². The lowest BCUT2D eigenvalue weighted by atomic mass is 9.92. The molecule has 0 amide bonds. The molecule has 0 saturated heterocycles. The van der Waals surface area contributed by atoms with Crippen LogP contribution in [0.4, 0.5) is 0 Å². The first-order valence-electron chi connectivity index (χ1n) is 21.8. The second kappa shape index (κ2) is 24.0. The Hall–Kier alpha value is -7.96. The van der Waals surface area contributed by atoms with E-state index >= 15 is 0 Å². The molecule has 17 heteroatoms. The fourth-order valence-corrected chi connectivity index (χ4v) is 7.51. The van der Waals surface area contributed by atoms with Gasteiger partial charge in [-0.2, -0.15) is 15.5 Å². The number of pyridine rings is 4. The van der Waals surface area contributed by atoms with Gasteiger partial charge in [-0.25, -0.2) is 0 Å². The first kappa shape index (κ1) is 49.5. The Morgan fingerprint density at radius 3 is 1.97 bits per heavy atom. The van der Waals surface area contributed by atoms with E-state index in [9.17, 15) is 35.1 Å². The number of aryl methyl sites for hydroxylation is 1. The van der Waals surface area contributed by atoms with Crippen LogP contribution in [0.2, 0.25) is 0 Å². The quantitative estimate of drug-likeness (QED) is 0.0471. The Morgan fingerprint density at radius 1 is 0.721 bits per heavy atom. The van der Waals surface area contributed by atoms with Gasteiger partial charge < -0.3 is 40.0 Å². The summed E-state index contributed by atoms with van der Waals surface area (Å²) in [7, 11) is 0. The van der Waals surface area contributed by atoms with E-state index in [1.807, 2.05) is 56.3 Å². The second-order valence-electron chi connectivity index (χ2n) is 16.2. The first-order valence-corrected chi connectivity index (χ1v) is 21.8. The number of carbonyl (C=O) groups is 2. The predicted octanol–water partition coefficient (Wildman–Crippen LogP) is 5.93. The summed E-state index contributed by atoms with van der Waals surface area (Å²) in [6, 6.07) is 26.2. The molecule has 0 spiro atoms.